The number of carbonyl (C=O) groups is 3. The number of rotatable bonds is 5. The molecule has 2 amide bonds. The zero-order valence-corrected chi connectivity index (χ0v) is 15.9. The SMILES string of the molecule is CC1(CI)S[C@H]2C(NC(=O)Cc3ccccc3)C(=O)N2C1C(=O)O. The van der Waals surface area contributed by atoms with Crippen LogP contribution in [0.2, 0.25) is 0 Å². The number of nitrogens with zero attached hydrogens (tertiary/aromatic N) is 1. The summed E-state index contributed by atoms with van der Waals surface area (Å²) >= 11 is 3.61. The van der Waals surface area contributed by atoms with Gasteiger partial charge in [-0.25, -0.2) is 4.79 Å². The van der Waals surface area contributed by atoms with E-state index < -0.39 is 22.8 Å². The van der Waals surface area contributed by atoms with Crippen molar-refractivity contribution in [3.05, 3.63) is 35.9 Å². The van der Waals surface area contributed by atoms with E-state index in [1.165, 1.54) is 16.7 Å². The highest BCUT2D eigenvalue weighted by Crippen LogP contribution is 2.51. The summed E-state index contributed by atoms with van der Waals surface area (Å²) in [6.07, 6.45) is 0.202. The molecule has 0 saturated carbocycles. The predicted octanol–water partition coefficient (Wildman–Crippen LogP) is 1.28. The lowest BCUT2D eigenvalue weighted by Crippen LogP contribution is -2.70. The molecule has 4 atom stereocenters. The third-order valence-electron chi connectivity index (χ3n) is 4.35. The Kier molecular flexibility index (Phi) is 4.78. The van der Waals surface area contributed by atoms with Gasteiger partial charge in [0.1, 0.15) is 17.5 Å². The fourth-order valence-electron chi connectivity index (χ4n) is 3.14. The van der Waals surface area contributed by atoms with Crippen LogP contribution in [0.4, 0.5) is 0 Å². The van der Waals surface area contributed by atoms with Gasteiger partial charge < -0.3 is 15.3 Å². The van der Waals surface area contributed by atoms with E-state index in [1.54, 1.807) is 0 Å². The molecular weight excluding hydrogens is 443 g/mol. The van der Waals surface area contributed by atoms with Gasteiger partial charge in [-0.1, -0.05) is 52.9 Å². The van der Waals surface area contributed by atoms with E-state index in [0.29, 0.717) is 4.43 Å². The minimum absolute atomic E-state index is 0.202. The first-order chi connectivity index (χ1) is 11.4. The first kappa shape index (κ1) is 17.5. The van der Waals surface area contributed by atoms with Crippen LogP contribution in [0.5, 0.6) is 0 Å². The van der Waals surface area contributed by atoms with Crippen LogP contribution < -0.4 is 5.32 Å². The number of amides is 2. The van der Waals surface area contributed by atoms with Crippen molar-refractivity contribution in [1.82, 2.24) is 10.2 Å². The first-order valence-electron chi connectivity index (χ1n) is 7.49. The molecule has 3 rings (SSSR count). The van der Waals surface area contributed by atoms with Crippen LogP contribution in [0.15, 0.2) is 30.3 Å². The Hall–Kier alpha value is -1.29. The molecule has 2 N–H and O–H groups in total. The zero-order valence-electron chi connectivity index (χ0n) is 12.9. The van der Waals surface area contributed by atoms with Crippen LogP contribution in [-0.2, 0) is 20.8 Å². The van der Waals surface area contributed by atoms with E-state index in [0.717, 1.165) is 5.56 Å². The maximum atomic E-state index is 12.4. The van der Waals surface area contributed by atoms with Crippen LogP contribution in [0.1, 0.15) is 12.5 Å². The van der Waals surface area contributed by atoms with Gasteiger partial charge in [-0.15, -0.1) is 11.8 Å². The van der Waals surface area contributed by atoms with E-state index in [9.17, 15) is 19.5 Å². The first-order valence-corrected chi connectivity index (χ1v) is 9.90. The van der Waals surface area contributed by atoms with Crippen molar-refractivity contribution in [3.63, 3.8) is 0 Å². The molecule has 2 fully saturated rings. The summed E-state index contributed by atoms with van der Waals surface area (Å²) in [6.45, 7) is 1.86. The van der Waals surface area contributed by atoms with Crippen LogP contribution in [0.3, 0.4) is 0 Å². The maximum absolute atomic E-state index is 12.4. The Labute approximate surface area is 157 Å². The molecule has 2 heterocycles. The summed E-state index contributed by atoms with van der Waals surface area (Å²) in [5.74, 6) is -1.53. The second-order valence-corrected chi connectivity index (χ2v) is 8.56. The lowest BCUT2D eigenvalue weighted by Gasteiger charge is -2.43. The lowest BCUT2D eigenvalue weighted by molar-refractivity contribution is -0.161. The molecule has 0 radical (unpaired) electrons. The number of hydrogen-bond donors (Lipinski definition) is 2. The Morgan fingerprint density at radius 2 is 2.04 bits per heavy atom. The molecule has 2 aliphatic heterocycles. The number of thioether (sulfide) groups is 1. The molecule has 0 aliphatic carbocycles. The van der Waals surface area contributed by atoms with E-state index in [4.69, 9.17) is 0 Å². The second kappa shape index (κ2) is 6.55. The van der Waals surface area contributed by atoms with Gasteiger partial charge in [-0.05, 0) is 12.5 Å². The molecule has 3 unspecified atom stereocenters. The van der Waals surface area contributed by atoms with Gasteiger partial charge in [0, 0.05) is 4.43 Å². The van der Waals surface area contributed by atoms with Crippen molar-refractivity contribution in [3.8, 4) is 0 Å². The number of carbonyl (C=O) groups excluding carboxylic acids is 2. The highest BCUT2D eigenvalue weighted by atomic mass is 127. The van der Waals surface area contributed by atoms with E-state index in [2.05, 4.69) is 27.9 Å². The molecule has 2 aliphatic rings. The van der Waals surface area contributed by atoms with Gasteiger partial charge in [0.05, 0.1) is 11.2 Å². The van der Waals surface area contributed by atoms with Gasteiger partial charge in [0.2, 0.25) is 11.8 Å². The third-order valence-corrected chi connectivity index (χ3v) is 8.10. The summed E-state index contributed by atoms with van der Waals surface area (Å²) in [6, 6.07) is 7.81. The number of nitrogens with one attached hydrogen (secondary N) is 1. The number of carboxylic acid groups (broad SMARTS) is 1. The van der Waals surface area contributed by atoms with Crippen molar-refractivity contribution in [2.24, 2.45) is 0 Å². The van der Waals surface area contributed by atoms with Crippen molar-refractivity contribution in [2.75, 3.05) is 4.43 Å². The second-order valence-electron chi connectivity index (χ2n) is 6.15. The highest BCUT2D eigenvalue weighted by molar-refractivity contribution is 14.1. The van der Waals surface area contributed by atoms with E-state index >= 15 is 0 Å². The summed E-state index contributed by atoms with van der Waals surface area (Å²) < 4.78 is 0.0585. The molecule has 2 saturated heterocycles. The number of carboxylic acids is 1. The van der Waals surface area contributed by atoms with Crippen LogP contribution in [0.25, 0.3) is 0 Å². The predicted molar refractivity (Wildman–Crippen MR) is 99.0 cm³/mol. The number of benzene rings is 1. The van der Waals surface area contributed by atoms with Crippen molar-refractivity contribution >= 4 is 52.1 Å². The molecule has 128 valence electrons. The molecule has 0 bridgehead atoms. The quantitative estimate of drug-likeness (QED) is 0.393. The van der Waals surface area contributed by atoms with Gasteiger partial charge in [0.25, 0.3) is 0 Å². The number of aliphatic carboxylic acids is 1. The molecule has 0 spiro atoms. The smallest absolute Gasteiger partial charge is 0.327 e. The zero-order chi connectivity index (χ0) is 17.5. The summed E-state index contributed by atoms with van der Waals surface area (Å²) in [4.78, 5) is 37.6. The van der Waals surface area contributed by atoms with Gasteiger partial charge in [-0.2, -0.15) is 0 Å². The maximum Gasteiger partial charge on any atom is 0.327 e. The summed E-state index contributed by atoms with van der Waals surface area (Å²) in [5.41, 5.74) is 0.873. The van der Waals surface area contributed by atoms with Crippen molar-refractivity contribution in [1.29, 1.82) is 0 Å². The largest absolute Gasteiger partial charge is 0.480 e. The summed E-state index contributed by atoms with van der Waals surface area (Å²) in [7, 11) is 0. The average Bonchev–Trinajstić information content (AvgIpc) is 2.84. The number of hydrogen-bond acceptors (Lipinski definition) is 4. The fraction of sp³-hybridized carbons (Fsp3) is 0.438. The number of halogens is 1. The van der Waals surface area contributed by atoms with Gasteiger partial charge >= 0.3 is 5.97 Å². The molecule has 1 aromatic rings. The van der Waals surface area contributed by atoms with E-state index in [1.807, 2.05) is 37.3 Å². The monoisotopic (exact) mass is 460 g/mol. The summed E-state index contributed by atoms with van der Waals surface area (Å²) in [5, 5.41) is 11.9. The van der Waals surface area contributed by atoms with E-state index in [-0.39, 0.29) is 23.6 Å². The molecule has 24 heavy (non-hydrogen) atoms. The third kappa shape index (κ3) is 2.90. The Balaban J connectivity index is 1.69. The Morgan fingerprint density at radius 3 is 2.62 bits per heavy atom. The highest BCUT2D eigenvalue weighted by Gasteiger charge is 2.65. The van der Waals surface area contributed by atoms with Crippen molar-refractivity contribution in [2.45, 2.75) is 35.5 Å². The minimum Gasteiger partial charge on any atom is -0.480 e. The van der Waals surface area contributed by atoms with Gasteiger partial charge in [0.15, 0.2) is 0 Å². The average molecular weight is 460 g/mol. The minimum atomic E-state index is -0.994. The van der Waals surface area contributed by atoms with Crippen LogP contribution in [0, 0.1) is 0 Å². The molecule has 0 aromatic heterocycles. The number of alkyl halides is 1. The fourth-order valence-corrected chi connectivity index (χ4v) is 5.72. The van der Waals surface area contributed by atoms with Crippen molar-refractivity contribution < 1.29 is 19.5 Å². The number of β-lactam (4-membered cyclic amide) rings is 1. The molecule has 1 aromatic carbocycles. The Morgan fingerprint density at radius 1 is 1.38 bits per heavy atom. The lowest BCUT2D eigenvalue weighted by atomic mass is 9.96. The van der Waals surface area contributed by atoms with Gasteiger partial charge in [-0.3, -0.25) is 9.59 Å². The van der Waals surface area contributed by atoms with Crippen LogP contribution >= 0.6 is 34.4 Å². The molecule has 8 heteroatoms. The molecular formula is C16H17IN2O4S. The Bertz CT molecular complexity index is 686. The standard InChI is InChI=1S/C16H17IN2O4S/c1-16(8-17)12(15(22)23)19-13(21)11(14(19)24-16)18-10(20)7-9-5-3-2-4-6-9/h2-6,11-12,14H,7-8H2,1H3,(H,18,20)(H,22,23)/t11?,12?,14-,16?/m0/s1. The topological polar surface area (TPSA) is 86.7 Å². The van der Waals surface area contributed by atoms with Crippen LogP contribution in [-0.4, -0.2) is 54.4 Å². The normalized spacial score (nSPS) is 31.3. The number of fused-ring (bicyclic) bond motifs is 1. The molecule has 6 nitrogen and oxygen atoms in total.